The third-order valence-electron chi connectivity index (χ3n) is 1.49. The van der Waals surface area contributed by atoms with Crippen molar-refractivity contribution in [2.24, 2.45) is 5.92 Å². The zero-order chi connectivity index (χ0) is 5.98. The Labute approximate surface area is 60.7 Å². The fourth-order valence-electron chi connectivity index (χ4n) is 0.739. The summed E-state index contributed by atoms with van der Waals surface area (Å²) in [5.74, 6) is 0.581. The first-order valence-corrected chi connectivity index (χ1v) is 4.46. The lowest BCUT2D eigenvalue weighted by molar-refractivity contribution is 0.629. The van der Waals surface area contributed by atoms with E-state index in [0.717, 1.165) is 16.6 Å². The van der Waals surface area contributed by atoms with Gasteiger partial charge >= 0.3 is 0 Å². The minimum Gasteiger partial charge on any atom is -0.212 e. The molecule has 0 amide bonds. The van der Waals surface area contributed by atoms with Gasteiger partial charge in [-0.1, -0.05) is 15.9 Å². The van der Waals surface area contributed by atoms with Gasteiger partial charge in [0.15, 0.2) is 0 Å². The molecule has 0 spiro atoms. The zero-order valence-electron chi connectivity index (χ0n) is 4.39. The fraction of sp³-hybridized carbons (Fsp3) is 0.800. The number of hydrogen-bond acceptors (Lipinski definition) is 1. The van der Waals surface area contributed by atoms with E-state index in [1.807, 2.05) is 0 Å². The van der Waals surface area contributed by atoms with E-state index in [9.17, 15) is 4.21 Å². The molecular weight excluding hydrogens is 188 g/mol. The fourth-order valence-corrected chi connectivity index (χ4v) is 2.21. The number of halogens is 1. The van der Waals surface area contributed by atoms with Gasteiger partial charge in [0, 0.05) is 16.1 Å². The zero-order valence-corrected chi connectivity index (χ0v) is 6.80. The third kappa shape index (κ3) is 1.03. The van der Waals surface area contributed by atoms with Crippen LogP contribution in [-0.2, 0) is 11.3 Å². The summed E-state index contributed by atoms with van der Waals surface area (Å²) in [5, 5.41) is 0.970. The molecular formula is C5H7BrOS. The van der Waals surface area contributed by atoms with E-state index < -0.39 is 0 Å². The molecule has 0 aromatic heterocycles. The van der Waals surface area contributed by atoms with Crippen LogP contribution in [-0.4, -0.2) is 14.4 Å². The lowest BCUT2D eigenvalue weighted by Gasteiger charge is -2.23. The average Bonchev–Trinajstić information content (AvgIpc) is 1.66. The van der Waals surface area contributed by atoms with Gasteiger partial charge in [0.25, 0.3) is 0 Å². The quantitative estimate of drug-likeness (QED) is 0.453. The molecule has 0 heterocycles. The highest BCUT2D eigenvalue weighted by atomic mass is 79.9. The van der Waals surface area contributed by atoms with Crippen molar-refractivity contribution in [1.82, 2.24) is 0 Å². The van der Waals surface area contributed by atoms with E-state index in [0.29, 0.717) is 17.2 Å². The van der Waals surface area contributed by atoms with Crippen LogP contribution in [0.15, 0.2) is 0 Å². The molecule has 0 N–H and O–H groups in total. The molecule has 0 aromatic rings. The molecule has 1 nitrogen and oxygen atoms in total. The minimum absolute atomic E-state index is 0.581. The predicted octanol–water partition coefficient (Wildman–Crippen LogP) is 1.18. The van der Waals surface area contributed by atoms with E-state index in [1.165, 1.54) is 6.42 Å². The second-order valence-corrected chi connectivity index (χ2v) is 3.28. The largest absolute Gasteiger partial charge is 0.212 e. The van der Waals surface area contributed by atoms with Gasteiger partial charge in [0.2, 0.25) is 0 Å². The Morgan fingerprint density at radius 2 is 2.62 bits per heavy atom. The molecule has 3 heteroatoms. The lowest BCUT2D eigenvalue weighted by Crippen LogP contribution is -2.26. The summed E-state index contributed by atoms with van der Waals surface area (Å²) in [7, 11) is 0. The summed E-state index contributed by atoms with van der Waals surface area (Å²) in [6, 6.07) is 0. The normalized spacial score (nSPS) is 27.1. The van der Waals surface area contributed by atoms with Gasteiger partial charge in [-0.05, 0) is 12.8 Å². The van der Waals surface area contributed by atoms with E-state index in [1.54, 1.807) is 0 Å². The topological polar surface area (TPSA) is 17.1 Å². The molecule has 0 bridgehead atoms. The maximum absolute atomic E-state index is 10.1. The summed E-state index contributed by atoms with van der Waals surface area (Å²) >= 11 is 4.02. The molecule has 1 saturated carbocycles. The molecule has 1 fully saturated rings. The SMILES string of the molecule is O=S=C1CCC1CBr. The van der Waals surface area contributed by atoms with E-state index in [2.05, 4.69) is 15.9 Å². The Morgan fingerprint density at radius 1 is 1.88 bits per heavy atom. The minimum atomic E-state index is 0.581. The number of rotatable bonds is 1. The number of alkyl halides is 1. The van der Waals surface area contributed by atoms with Crippen LogP contribution in [0.4, 0.5) is 0 Å². The van der Waals surface area contributed by atoms with Gasteiger partial charge in [0.1, 0.15) is 0 Å². The van der Waals surface area contributed by atoms with Crippen LogP contribution in [0.3, 0.4) is 0 Å². The molecule has 1 unspecified atom stereocenters. The second-order valence-electron chi connectivity index (χ2n) is 1.94. The van der Waals surface area contributed by atoms with Crippen molar-refractivity contribution in [3.8, 4) is 0 Å². The highest BCUT2D eigenvalue weighted by molar-refractivity contribution is 9.09. The third-order valence-corrected chi connectivity index (χ3v) is 3.02. The first-order chi connectivity index (χ1) is 3.88. The van der Waals surface area contributed by atoms with Gasteiger partial charge in [-0.15, -0.1) is 0 Å². The molecule has 1 aliphatic rings. The maximum atomic E-state index is 10.1. The van der Waals surface area contributed by atoms with Crippen molar-refractivity contribution in [3.63, 3.8) is 0 Å². The van der Waals surface area contributed by atoms with Crippen LogP contribution in [0.1, 0.15) is 12.8 Å². The summed E-state index contributed by atoms with van der Waals surface area (Å²) < 4.78 is 10.1. The van der Waals surface area contributed by atoms with Crippen molar-refractivity contribution < 1.29 is 4.21 Å². The molecule has 8 heavy (non-hydrogen) atoms. The summed E-state index contributed by atoms with van der Waals surface area (Å²) in [6.45, 7) is 0. The molecule has 0 radical (unpaired) electrons. The smallest absolute Gasteiger partial charge is 0.0879 e. The monoisotopic (exact) mass is 194 g/mol. The summed E-state index contributed by atoms with van der Waals surface area (Å²) in [6.07, 6.45) is 2.25. The van der Waals surface area contributed by atoms with E-state index in [4.69, 9.17) is 0 Å². The van der Waals surface area contributed by atoms with Gasteiger partial charge in [-0.3, -0.25) is 0 Å². The van der Waals surface area contributed by atoms with Gasteiger partial charge < -0.3 is 0 Å². The molecule has 0 saturated heterocycles. The molecule has 0 aromatic carbocycles. The molecule has 0 aliphatic heterocycles. The van der Waals surface area contributed by atoms with Crippen LogP contribution in [0.25, 0.3) is 0 Å². The van der Waals surface area contributed by atoms with Crippen LogP contribution >= 0.6 is 15.9 Å². The Balaban J connectivity index is 2.50. The van der Waals surface area contributed by atoms with E-state index >= 15 is 0 Å². The maximum Gasteiger partial charge on any atom is 0.0879 e. The Kier molecular flexibility index (Phi) is 2.26. The van der Waals surface area contributed by atoms with Crippen LogP contribution in [0.2, 0.25) is 0 Å². The highest BCUT2D eigenvalue weighted by Gasteiger charge is 2.23. The van der Waals surface area contributed by atoms with Crippen molar-refractivity contribution in [2.75, 3.05) is 5.33 Å². The van der Waals surface area contributed by atoms with Gasteiger partial charge in [0.05, 0.1) is 11.3 Å². The molecule has 1 atom stereocenters. The van der Waals surface area contributed by atoms with Crippen molar-refractivity contribution in [2.45, 2.75) is 12.8 Å². The second kappa shape index (κ2) is 2.78. The molecule has 1 aliphatic carbocycles. The van der Waals surface area contributed by atoms with Crippen LogP contribution in [0.5, 0.6) is 0 Å². The first kappa shape index (κ1) is 6.49. The van der Waals surface area contributed by atoms with Gasteiger partial charge in [-0.25, -0.2) is 4.21 Å². The average molecular weight is 195 g/mol. The van der Waals surface area contributed by atoms with Crippen LogP contribution < -0.4 is 0 Å². The predicted molar refractivity (Wildman–Crippen MR) is 39.7 cm³/mol. The van der Waals surface area contributed by atoms with Crippen molar-refractivity contribution >= 4 is 32.1 Å². The number of hydrogen-bond donors (Lipinski definition) is 0. The van der Waals surface area contributed by atoms with Gasteiger partial charge in [-0.2, -0.15) is 0 Å². The Bertz CT molecular complexity index is 137. The first-order valence-electron chi connectivity index (χ1n) is 2.60. The van der Waals surface area contributed by atoms with Crippen LogP contribution in [0, 0.1) is 5.92 Å². The Hall–Kier alpha value is 0.370. The van der Waals surface area contributed by atoms with Crippen molar-refractivity contribution in [1.29, 1.82) is 0 Å². The molecule has 46 valence electrons. The summed E-state index contributed by atoms with van der Waals surface area (Å²) in [5.41, 5.74) is 0. The Morgan fingerprint density at radius 3 is 2.75 bits per heavy atom. The van der Waals surface area contributed by atoms with Crippen molar-refractivity contribution in [3.05, 3.63) is 0 Å². The standard InChI is InChI=1S/C5H7BrOS/c6-3-4-1-2-5(4)8-7/h4H,1-3H2. The molecule has 1 rings (SSSR count). The van der Waals surface area contributed by atoms with E-state index in [-0.39, 0.29) is 0 Å². The summed E-state index contributed by atoms with van der Waals surface area (Å²) in [4.78, 5) is 1.13. The highest BCUT2D eigenvalue weighted by Crippen LogP contribution is 2.23. The lowest BCUT2D eigenvalue weighted by atomic mass is 9.87.